The Bertz CT molecular complexity index is 336. The third-order valence-corrected chi connectivity index (χ3v) is 2.02. The van der Waals surface area contributed by atoms with E-state index in [1.54, 1.807) is 18.2 Å². The fourth-order valence-electron chi connectivity index (χ4n) is 1.04. The Hall–Kier alpha value is -1.22. The van der Waals surface area contributed by atoms with Crippen LogP contribution in [0.25, 0.3) is 0 Å². The van der Waals surface area contributed by atoms with Crippen molar-refractivity contribution in [3.05, 3.63) is 42.5 Å². The number of benzene rings is 1. The van der Waals surface area contributed by atoms with E-state index >= 15 is 0 Å². The number of amides is 1. The number of carbonyl (C=O) groups is 1. The highest BCUT2D eigenvalue weighted by molar-refractivity contribution is 7.80. The molecular weight excluding hydrogens is 194 g/mol. The molecule has 0 saturated heterocycles. The summed E-state index contributed by atoms with van der Waals surface area (Å²) in [6, 6.07) is 7.16. The summed E-state index contributed by atoms with van der Waals surface area (Å²) in [5, 5.41) is 2.78. The largest absolute Gasteiger partial charge is 0.352 e. The lowest BCUT2D eigenvalue weighted by molar-refractivity contribution is 0.0954. The van der Waals surface area contributed by atoms with Crippen LogP contribution in [-0.4, -0.2) is 12.5 Å². The van der Waals surface area contributed by atoms with Gasteiger partial charge in [0.25, 0.3) is 5.91 Å². The molecule has 0 bridgehead atoms. The van der Waals surface area contributed by atoms with E-state index in [1.165, 1.54) is 0 Å². The fourth-order valence-corrected chi connectivity index (χ4v) is 1.26. The molecule has 2 nitrogen and oxygen atoms in total. The fraction of sp³-hybridized carbons (Fsp3) is 0.182. The van der Waals surface area contributed by atoms with Crippen LogP contribution in [0.2, 0.25) is 0 Å². The Kier molecular flexibility index (Phi) is 4.26. The molecule has 14 heavy (non-hydrogen) atoms. The van der Waals surface area contributed by atoms with Crippen molar-refractivity contribution >= 4 is 18.5 Å². The van der Waals surface area contributed by atoms with Crippen LogP contribution in [0.3, 0.4) is 0 Å². The van der Waals surface area contributed by atoms with Gasteiger partial charge in [-0.1, -0.05) is 12.1 Å². The molecule has 1 amide bonds. The minimum Gasteiger partial charge on any atom is -0.352 e. The lowest BCUT2D eigenvalue weighted by Gasteiger charge is -2.03. The predicted octanol–water partition coefficient (Wildman–Crippen LogP) is 2.28. The van der Waals surface area contributed by atoms with Crippen molar-refractivity contribution in [1.82, 2.24) is 5.32 Å². The van der Waals surface area contributed by atoms with Crippen LogP contribution in [0.15, 0.2) is 41.8 Å². The zero-order chi connectivity index (χ0) is 10.4. The highest BCUT2D eigenvalue weighted by atomic mass is 32.1. The Morgan fingerprint density at radius 1 is 1.57 bits per heavy atom. The van der Waals surface area contributed by atoms with Gasteiger partial charge in [0.05, 0.1) is 0 Å². The lowest BCUT2D eigenvalue weighted by Crippen LogP contribution is -2.23. The highest BCUT2D eigenvalue weighted by Crippen LogP contribution is 2.08. The van der Waals surface area contributed by atoms with Crippen LogP contribution in [0.4, 0.5) is 0 Å². The average molecular weight is 207 g/mol. The normalized spacial score (nSPS) is 9.50. The molecule has 1 N–H and O–H groups in total. The van der Waals surface area contributed by atoms with Crippen LogP contribution in [0.5, 0.6) is 0 Å². The zero-order valence-electron chi connectivity index (χ0n) is 7.86. The first-order valence-electron chi connectivity index (χ1n) is 4.42. The van der Waals surface area contributed by atoms with Crippen molar-refractivity contribution in [2.24, 2.45) is 0 Å². The van der Waals surface area contributed by atoms with Crippen LogP contribution < -0.4 is 5.32 Å². The second-order valence-electron chi connectivity index (χ2n) is 2.88. The van der Waals surface area contributed by atoms with Gasteiger partial charge in [-0.05, 0) is 24.6 Å². The van der Waals surface area contributed by atoms with Crippen LogP contribution in [-0.2, 0) is 0 Å². The first-order valence-corrected chi connectivity index (χ1v) is 4.87. The van der Waals surface area contributed by atoms with Crippen molar-refractivity contribution in [2.45, 2.75) is 11.3 Å². The maximum Gasteiger partial charge on any atom is 0.251 e. The summed E-state index contributed by atoms with van der Waals surface area (Å²) in [4.78, 5) is 12.3. The van der Waals surface area contributed by atoms with E-state index in [9.17, 15) is 4.79 Å². The monoisotopic (exact) mass is 207 g/mol. The van der Waals surface area contributed by atoms with Crippen molar-refractivity contribution in [2.75, 3.05) is 6.54 Å². The molecule has 3 heteroatoms. The van der Waals surface area contributed by atoms with E-state index in [0.717, 1.165) is 11.3 Å². The second-order valence-corrected chi connectivity index (χ2v) is 3.40. The summed E-state index contributed by atoms with van der Waals surface area (Å²) in [6.45, 7) is 4.21. The maximum absolute atomic E-state index is 11.5. The summed E-state index contributed by atoms with van der Waals surface area (Å²) in [6.07, 6.45) is 2.56. The van der Waals surface area contributed by atoms with E-state index in [4.69, 9.17) is 0 Å². The first-order chi connectivity index (χ1) is 6.74. The average Bonchev–Trinajstić information content (AvgIpc) is 2.18. The summed E-state index contributed by atoms with van der Waals surface area (Å²) in [7, 11) is 0. The molecule has 0 fully saturated rings. The molecule has 0 heterocycles. The highest BCUT2D eigenvalue weighted by Gasteiger charge is 2.03. The molecule has 0 radical (unpaired) electrons. The number of carbonyl (C=O) groups excluding carboxylic acids is 1. The van der Waals surface area contributed by atoms with Crippen molar-refractivity contribution in [1.29, 1.82) is 0 Å². The SMILES string of the molecule is C=CCCNC(=O)c1cccc(S)c1. The van der Waals surface area contributed by atoms with Gasteiger partial charge in [-0.25, -0.2) is 0 Å². The lowest BCUT2D eigenvalue weighted by atomic mass is 10.2. The number of nitrogens with one attached hydrogen (secondary N) is 1. The smallest absolute Gasteiger partial charge is 0.251 e. The molecule has 1 aromatic carbocycles. The molecule has 1 aromatic rings. The Morgan fingerprint density at radius 3 is 3.00 bits per heavy atom. The predicted molar refractivity (Wildman–Crippen MR) is 60.8 cm³/mol. The van der Waals surface area contributed by atoms with E-state index < -0.39 is 0 Å². The minimum atomic E-state index is -0.0669. The third kappa shape index (κ3) is 3.26. The van der Waals surface area contributed by atoms with Gasteiger partial charge in [-0.2, -0.15) is 0 Å². The molecule has 74 valence electrons. The van der Waals surface area contributed by atoms with E-state index in [-0.39, 0.29) is 5.91 Å². The van der Waals surface area contributed by atoms with Gasteiger partial charge in [0.1, 0.15) is 0 Å². The van der Waals surface area contributed by atoms with Crippen molar-refractivity contribution in [3.8, 4) is 0 Å². The standard InChI is InChI=1S/C11H13NOS/c1-2-3-7-12-11(13)9-5-4-6-10(14)8-9/h2,4-6,8,14H,1,3,7H2,(H,12,13). The molecular formula is C11H13NOS. The Morgan fingerprint density at radius 2 is 2.36 bits per heavy atom. The molecule has 1 rings (SSSR count). The van der Waals surface area contributed by atoms with Crippen molar-refractivity contribution in [3.63, 3.8) is 0 Å². The third-order valence-electron chi connectivity index (χ3n) is 1.74. The van der Waals surface area contributed by atoms with Gasteiger partial charge in [0, 0.05) is 17.0 Å². The van der Waals surface area contributed by atoms with Crippen molar-refractivity contribution < 1.29 is 4.79 Å². The Labute approximate surface area is 89.4 Å². The van der Waals surface area contributed by atoms with Gasteiger partial charge < -0.3 is 5.32 Å². The first kappa shape index (κ1) is 10.9. The molecule has 0 aromatic heterocycles. The van der Waals surface area contributed by atoms with Crippen LogP contribution in [0, 0.1) is 0 Å². The second kappa shape index (κ2) is 5.50. The topological polar surface area (TPSA) is 29.1 Å². The van der Waals surface area contributed by atoms with Crippen LogP contribution in [0.1, 0.15) is 16.8 Å². The number of hydrogen-bond acceptors (Lipinski definition) is 2. The van der Waals surface area contributed by atoms with Gasteiger partial charge in [0.2, 0.25) is 0 Å². The van der Waals surface area contributed by atoms with Gasteiger partial charge >= 0.3 is 0 Å². The molecule has 0 aliphatic carbocycles. The van der Waals surface area contributed by atoms with E-state index in [1.807, 2.05) is 12.1 Å². The quantitative estimate of drug-likeness (QED) is 0.443. The summed E-state index contributed by atoms with van der Waals surface area (Å²) in [5.74, 6) is -0.0669. The maximum atomic E-state index is 11.5. The van der Waals surface area contributed by atoms with Crippen LogP contribution >= 0.6 is 12.6 Å². The van der Waals surface area contributed by atoms with E-state index in [2.05, 4.69) is 24.5 Å². The molecule has 0 atom stereocenters. The van der Waals surface area contributed by atoms with Gasteiger partial charge in [-0.3, -0.25) is 4.79 Å². The summed E-state index contributed by atoms with van der Waals surface area (Å²) < 4.78 is 0. The van der Waals surface area contributed by atoms with Gasteiger partial charge in [-0.15, -0.1) is 19.2 Å². The van der Waals surface area contributed by atoms with E-state index in [0.29, 0.717) is 12.1 Å². The Balaban J connectivity index is 2.56. The number of thiol groups is 1. The molecule has 0 unspecified atom stereocenters. The molecule has 0 spiro atoms. The molecule has 0 saturated carbocycles. The summed E-state index contributed by atoms with van der Waals surface area (Å²) in [5.41, 5.74) is 0.640. The minimum absolute atomic E-state index is 0.0669. The molecule has 0 aliphatic heterocycles. The number of rotatable bonds is 4. The summed E-state index contributed by atoms with van der Waals surface area (Å²) >= 11 is 4.16. The number of hydrogen-bond donors (Lipinski definition) is 2. The molecule has 0 aliphatic rings. The van der Waals surface area contributed by atoms with Gasteiger partial charge in [0.15, 0.2) is 0 Å². The zero-order valence-corrected chi connectivity index (χ0v) is 8.76.